The van der Waals surface area contributed by atoms with Crippen LogP contribution in [0.2, 0.25) is 0 Å². The van der Waals surface area contributed by atoms with Crippen molar-refractivity contribution in [1.82, 2.24) is 14.8 Å². The van der Waals surface area contributed by atoms with Crippen LogP contribution in [0.1, 0.15) is 61.5 Å². The van der Waals surface area contributed by atoms with Crippen molar-refractivity contribution in [2.45, 2.75) is 58.4 Å². The first-order chi connectivity index (χ1) is 12.7. The van der Waals surface area contributed by atoms with E-state index in [1.165, 1.54) is 32.0 Å². The van der Waals surface area contributed by atoms with E-state index in [9.17, 15) is 9.59 Å². The largest absolute Gasteiger partial charge is 0.493 e. The number of hydrogen-bond donors (Lipinski definition) is 1. The number of likely N-dealkylation sites (tertiary alicyclic amines) is 1. The number of nitrogens with zero attached hydrogens (tertiary/aromatic N) is 2. The zero-order chi connectivity index (χ0) is 18.4. The van der Waals surface area contributed by atoms with E-state index in [2.05, 4.69) is 10.2 Å². The normalized spacial score (nSPS) is 17.6. The van der Waals surface area contributed by atoms with Gasteiger partial charge >= 0.3 is 0 Å². The molecule has 1 N–H and O–H groups in total. The first kappa shape index (κ1) is 19.0. The van der Waals surface area contributed by atoms with E-state index in [1.807, 2.05) is 6.92 Å². The maximum absolute atomic E-state index is 12.9. The lowest BCUT2D eigenvalue weighted by atomic mass is 10.1. The van der Waals surface area contributed by atoms with Crippen LogP contribution < -0.4 is 15.6 Å². The first-order valence-corrected chi connectivity index (χ1v) is 10.1. The van der Waals surface area contributed by atoms with E-state index in [0.29, 0.717) is 31.0 Å². The molecule has 1 aromatic rings. The molecule has 3 heterocycles. The molecule has 1 saturated heterocycles. The van der Waals surface area contributed by atoms with E-state index in [4.69, 9.17) is 4.74 Å². The Morgan fingerprint density at radius 1 is 1.15 bits per heavy atom. The molecule has 0 radical (unpaired) electrons. The SMILES string of the molecule is CCOc1cc(=O)n2c(c1C(=O)NCCCN1CCCC1)CCCCC2. The maximum Gasteiger partial charge on any atom is 0.256 e. The summed E-state index contributed by atoms with van der Waals surface area (Å²) in [4.78, 5) is 27.8. The van der Waals surface area contributed by atoms with Gasteiger partial charge in [0.2, 0.25) is 0 Å². The summed E-state index contributed by atoms with van der Waals surface area (Å²) in [7, 11) is 0. The van der Waals surface area contributed by atoms with E-state index < -0.39 is 0 Å². The topological polar surface area (TPSA) is 63.6 Å². The van der Waals surface area contributed by atoms with E-state index in [0.717, 1.165) is 44.3 Å². The van der Waals surface area contributed by atoms with Crippen LogP contribution in [0.15, 0.2) is 10.9 Å². The summed E-state index contributed by atoms with van der Waals surface area (Å²) in [5.74, 6) is 0.322. The summed E-state index contributed by atoms with van der Waals surface area (Å²) < 4.78 is 7.42. The second-order valence-electron chi connectivity index (χ2n) is 7.22. The maximum atomic E-state index is 12.9. The zero-order valence-electron chi connectivity index (χ0n) is 15.9. The lowest BCUT2D eigenvalue weighted by Crippen LogP contribution is -2.32. The zero-order valence-corrected chi connectivity index (χ0v) is 15.9. The van der Waals surface area contributed by atoms with Crippen LogP contribution in [0, 0.1) is 0 Å². The van der Waals surface area contributed by atoms with Crippen LogP contribution in [-0.4, -0.2) is 48.2 Å². The molecule has 2 aliphatic heterocycles. The molecule has 1 amide bonds. The highest BCUT2D eigenvalue weighted by Crippen LogP contribution is 2.25. The Labute approximate surface area is 155 Å². The smallest absolute Gasteiger partial charge is 0.256 e. The third-order valence-corrected chi connectivity index (χ3v) is 5.34. The molecular formula is C20H31N3O3. The van der Waals surface area contributed by atoms with Crippen LogP contribution >= 0.6 is 0 Å². The van der Waals surface area contributed by atoms with Gasteiger partial charge in [-0.3, -0.25) is 9.59 Å². The Hall–Kier alpha value is -1.82. The number of hydrogen-bond acceptors (Lipinski definition) is 4. The molecule has 2 aliphatic rings. The van der Waals surface area contributed by atoms with Crippen LogP contribution in [0.4, 0.5) is 0 Å². The summed E-state index contributed by atoms with van der Waals surface area (Å²) in [5, 5.41) is 3.05. The molecular weight excluding hydrogens is 330 g/mol. The Morgan fingerprint density at radius 3 is 2.69 bits per heavy atom. The lowest BCUT2D eigenvalue weighted by molar-refractivity contribution is 0.0946. The predicted molar refractivity (Wildman–Crippen MR) is 102 cm³/mol. The summed E-state index contributed by atoms with van der Waals surface area (Å²) in [6.07, 6.45) is 7.35. The Balaban J connectivity index is 1.73. The number of carbonyl (C=O) groups excluding carboxylic acids is 1. The van der Waals surface area contributed by atoms with Crippen molar-refractivity contribution in [1.29, 1.82) is 0 Å². The molecule has 3 rings (SSSR count). The lowest BCUT2D eigenvalue weighted by Gasteiger charge is -2.19. The molecule has 6 heteroatoms. The van der Waals surface area contributed by atoms with Gasteiger partial charge in [0.15, 0.2) is 0 Å². The van der Waals surface area contributed by atoms with Crippen molar-refractivity contribution in [2.24, 2.45) is 0 Å². The molecule has 0 spiro atoms. The molecule has 1 aromatic heterocycles. The third kappa shape index (κ3) is 4.47. The fourth-order valence-corrected chi connectivity index (χ4v) is 4.03. The second-order valence-corrected chi connectivity index (χ2v) is 7.22. The second kappa shape index (κ2) is 9.21. The van der Waals surface area contributed by atoms with Crippen molar-refractivity contribution in [3.63, 3.8) is 0 Å². The van der Waals surface area contributed by atoms with Crippen molar-refractivity contribution in [3.05, 3.63) is 27.7 Å². The van der Waals surface area contributed by atoms with E-state index >= 15 is 0 Å². The monoisotopic (exact) mass is 361 g/mol. The van der Waals surface area contributed by atoms with Crippen LogP contribution in [-0.2, 0) is 13.0 Å². The highest BCUT2D eigenvalue weighted by Gasteiger charge is 2.23. The first-order valence-electron chi connectivity index (χ1n) is 10.1. The van der Waals surface area contributed by atoms with Gasteiger partial charge in [-0.2, -0.15) is 0 Å². The van der Waals surface area contributed by atoms with E-state index in [1.54, 1.807) is 4.57 Å². The summed E-state index contributed by atoms with van der Waals surface area (Å²) in [5.41, 5.74) is 1.35. The number of ether oxygens (including phenoxy) is 1. The minimum absolute atomic E-state index is 0.0593. The number of pyridine rings is 1. The van der Waals surface area contributed by atoms with Crippen LogP contribution in [0.3, 0.4) is 0 Å². The average molecular weight is 361 g/mol. The van der Waals surface area contributed by atoms with Crippen molar-refractivity contribution < 1.29 is 9.53 Å². The van der Waals surface area contributed by atoms with Gasteiger partial charge in [-0.25, -0.2) is 0 Å². The summed E-state index contributed by atoms with van der Waals surface area (Å²) >= 11 is 0. The molecule has 0 aliphatic carbocycles. The number of amides is 1. The minimum atomic E-state index is -0.111. The number of aromatic nitrogens is 1. The predicted octanol–water partition coefficient (Wildman–Crippen LogP) is 2.19. The highest BCUT2D eigenvalue weighted by atomic mass is 16.5. The summed E-state index contributed by atoms with van der Waals surface area (Å²) in [6.45, 7) is 7.05. The van der Waals surface area contributed by atoms with Crippen LogP contribution in [0.5, 0.6) is 5.75 Å². The third-order valence-electron chi connectivity index (χ3n) is 5.34. The standard InChI is InChI=1S/C20H31N3O3/c1-2-26-17-15-18(24)23-14-5-3-4-9-16(23)19(17)20(25)21-10-8-13-22-11-6-7-12-22/h15H,2-14H2,1H3,(H,21,25). The van der Waals surface area contributed by atoms with Crippen molar-refractivity contribution in [3.8, 4) is 5.75 Å². The number of rotatable bonds is 7. The molecule has 0 atom stereocenters. The number of nitrogens with one attached hydrogen (secondary N) is 1. The van der Waals surface area contributed by atoms with Gasteiger partial charge < -0.3 is 19.5 Å². The van der Waals surface area contributed by atoms with Gasteiger partial charge in [0.1, 0.15) is 11.3 Å². The highest BCUT2D eigenvalue weighted by molar-refractivity contribution is 5.98. The van der Waals surface area contributed by atoms with Gasteiger partial charge in [-0.05, 0) is 65.1 Å². The van der Waals surface area contributed by atoms with Crippen molar-refractivity contribution >= 4 is 5.91 Å². The van der Waals surface area contributed by atoms with Gasteiger partial charge in [-0.1, -0.05) is 6.42 Å². The Kier molecular flexibility index (Phi) is 6.72. The van der Waals surface area contributed by atoms with Crippen LogP contribution in [0.25, 0.3) is 0 Å². The molecule has 0 unspecified atom stereocenters. The molecule has 0 aromatic carbocycles. The van der Waals surface area contributed by atoms with Gasteiger partial charge in [0, 0.05) is 24.8 Å². The van der Waals surface area contributed by atoms with Gasteiger partial charge in [0.25, 0.3) is 11.5 Å². The van der Waals surface area contributed by atoms with Gasteiger partial charge in [0.05, 0.1) is 6.61 Å². The molecule has 0 bridgehead atoms. The summed E-state index contributed by atoms with van der Waals surface area (Å²) in [6, 6.07) is 1.48. The molecule has 1 fully saturated rings. The minimum Gasteiger partial charge on any atom is -0.493 e. The Bertz CT molecular complexity index is 678. The Morgan fingerprint density at radius 2 is 1.92 bits per heavy atom. The number of fused-ring (bicyclic) bond motifs is 1. The van der Waals surface area contributed by atoms with Gasteiger partial charge in [-0.15, -0.1) is 0 Å². The quantitative estimate of drug-likeness (QED) is 0.756. The average Bonchev–Trinajstić information content (AvgIpc) is 3.02. The van der Waals surface area contributed by atoms with Crippen molar-refractivity contribution in [2.75, 3.05) is 32.8 Å². The number of carbonyl (C=O) groups is 1. The molecule has 144 valence electrons. The molecule has 0 saturated carbocycles. The molecule has 6 nitrogen and oxygen atoms in total. The van der Waals surface area contributed by atoms with E-state index in [-0.39, 0.29) is 11.5 Å². The fourth-order valence-electron chi connectivity index (χ4n) is 4.03. The molecule has 26 heavy (non-hydrogen) atoms. The fraction of sp³-hybridized carbons (Fsp3) is 0.700.